The van der Waals surface area contributed by atoms with Crippen LogP contribution in [0.15, 0.2) is 95.7 Å². The van der Waals surface area contributed by atoms with Gasteiger partial charge in [-0.25, -0.2) is 0 Å². The van der Waals surface area contributed by atoms with Crippen molar-refractivity contribution in [2.45, 2.75) is 52.5 Å². The summed E-state index contributed by atoms with van der Waals surface area (Å²) in [7, 11) is 0. The smallest absolute Gasteiger partial charge is 0.121 e. The van der Waals surface area contributed by atoms with Crippen LogP contribution in [0.3, 0.4) is 0 Å². The molecule has 2 aliphatic heterocycles. The molecule has 48 heavy (non-hydrogen) atoms. The minimum absolute atomic E-state index is 0. The first kappa shape index (κ1) is 30.7. The standard InChI is InChI=1S/C42H34N3O2.Pt/c1-41(2,3)26-18-19-43-33(20-26)32-22-37(31-16-14-25-10-9-13-36-38(25)39(31)40(32)47-36)46-27-15-17-30-28-11-7-8-12-29(28)35-23-44(42(4,5)6)24-45(35)34(30)21-27;/h7-20,23-24H,1-6H3;/q-3;. The molecule has 9 rings (SSSR count). The Bertz CT molecular complexity index is 2410. The van der Waals surface area contributed by atoms with Gasteiger partial charge in [0.25, 0.3) is 0 Å². The Kier molecular flexibility index (Phi) is 6.85. The van der Waals surface area contributed by atoms with Crippen molar-refractivity contribution in [1.82, 2.24) is 9.88 Å². The molecule has 2 aromatic heterocycles. The Morgan fingerprint density at radius 1 is 0.812 bits per heavy atom. The van der Waals surface area contributed by atoms with Gasteiger partial charge in [-0.2, -0.15) is 12.7 Å². The summed E-state index contributed by atoms with van der Waals surface area (Å²) in [5.74, 6) is 1.24. The van der Waals surface area contributed by atoms with Crippen LogP contribution in [-0.2, 0) is 26.5 Å². The van der Waals surface area contributed by atoms with Gasteiger partial charge in [-0.05, 0) is 72.1 Å². The van der Waals surface area contributed by atoms with Gasteiger partial charge in [0.2, 0.25) is 0 Å². The molecular formula is C42H34N3O2Pt-3. The molecule has 2 aliphatic rings. The second kappa shape index (κ2) is 10.7. The summed E-state index contributed by atoms with van der Waals surface area (Å²) < 4.78 is 13.4. The van der Waals surface area contributed by atoms with Crippen molar-refractivity contribution in [2.75, 3.05) is 4.90 Å². The van der Waals surface area contributed by atoms with Gasteiger partial charge >= 0.3 is 0 Å². The van der Waals surface area contributed by atoms with E-state index in [9.17, 15) is 0 Å². The Hall–Kier alpha value is -4.60. The summed E-state index contributed by atoms with van der Waals surface area (Å²) in [5.41, 5.74) is 9.88. The summed E-state index contributed by atoms with van der Waals surface area (Å²) in [6.07, 6.45) is 4.10. The Labute approximate surface area is 295 Å². The fourth-order valence-electron chi connectivity index (χ4n) is 6.87. The second-order valence-electron chi connectivity index (χ2n) is 14.6. The van der Waals surface area contributed by atoms with Crippen LogP contribution < -0.4 is 9.64 Å². The zero-order valence-corrected chi connectivity index (χ0v) is 30.0. The Morgan fingerprint density at radius 3 is 2.42 bits per heavy atom. The molecule has 0 unspecified atom stereocenters. The fraction of sp³-hybridized carbons (Fsp3) is 0.190. The van der Waals surface area contributed by atoms with E-state index in [4.69, 9.17) is 14.1 Å². The van der Waals surface area contributed by atoms with Crippen molar-refractivity contribution in [3.63, 3.8) is 0 Å². The van der Waals surface area contributed by atoms with E-state index in [2.05, 4.69) is 137 Å². The monoisotopic (exact) mass is 807 g/mol. The van der Waals surface area contributed by atoms with Crippen LogP contribution in [-0.4, -0.2) is 15.4 Å². The third-order valence-corrected chi connectivity index (χ3v) is 9.42. The molecule has 0 bridgehead atoms. The maximum absolute atomic E-state index is 6.81. The quantitative estimate of drug-likeness (QED) is 0.131. The van der Waals surface area contributed by atoms with Gasteiger partial charge in [0.1, 0.15) is 5.58 Å². The van der Waals surface area contributed by atoms with Crippen LogP contribution in [0, 0.1) is 18.8 Å². The third kappa shape index (κ3) is 4.66. The largest absolute Gasteiger partial charge is 0.503 e. The molecule has 7 aromatic rings. The number of pyridine rings is 1. The maximum atomic E-state index is 6.81. The van der Waals surface area contributed by atoms with E-state index >= 15 is 0 Å². The van der Waals surface area contributed by atoms with E-state index in [0.717, 1.165) is 60.9 Å². The number of benzene rings is 5. The van der Waals surface area contributed by atoms with Crippen LogP contribution in [0.4, 0.5) is 5.69 Å². The van der Waals surface area contributed by atoms with Gasteiger partial charge < -0.3 is 23.9 Å². The van der Waals surface area contributed by atoms with Crippen molar-refractivity contribution < 1.29 is 30.2 Å². The molecule has 5 aromatic carbocycles. The van der Waals surface area contributed by atoms with Crippen LogP contribution in [0.1, 0.15) is 52.7 Å². The second-order valence-corrected chi connectivity index (χ2v) is 14.6. The zero-order valence-electron chi connectivity index (χ0n) is 27.7. The minimum atomic E-state index is -0.0755. The molecule has 4 heterocycles. The molecule has 0 fully saturated rings. The molecule has 0 radical (unpaired) electrons. The summed E-state index contributed by atoms with van der Waals surface area (Å²) in [6.45, 7) is 15.5. The van der Waals surface area contributed by atoms with Crippen LogP contribution >= 0.6 is 0 Å². The SMILES string of the molecule is CC(C)(C)c1ccnc(-c2[c-]c(Oc3[c-]c4c(cc3)-c3ccccc3C3=CN(C(C)(C)C)[CH-]N34)c3ccc4cccc5oc2c3c45)c1.[Pt]. The molecule has 242 valence electrons. The molecular weight excluding hydrogens is 774 g/mol. The average Bonchev–Trinajstić information content (AvgIpc) is 3.68. The van der Waals surface area contributed by atoms with E-state index in [1.807, 2.05) is 24.4 Å². The predicted octanol–water partition coefficient (Wildman–Crippen LogP) is 10.9. The molecule has 0 saturated heterocycles. The number of aromatic nitrogens is 1. The third-order valence-electron chi connectivity index (χ3n) is 9.42. The van der Waals surface area contributed by atoms with Crippen molar-refractivity contribution in [1.29, 1.82) is 0 Å². The number of furan rings is 1. The van der Waals surface area contributed by atoms with E-state index < -0.39 is 0 Å². The van der Waals surface area contributed by atoms with Gasteiger partial charge in [-0.15, -0.1) is 17.7 Å². The zero-order chi connectivity index (χ0) is 32.2. The molecule has 0 atom stereocenters. The first-order chi connectivity index (χ1) is 22.5. The number of hydrogen-bond acceptors (Lipinski definition) is 5. The molecule has 0 N–H and O–H groups in total. The molecule has 6 heteroatoms. The molecule has 0 aliphatic carbocycles. The first-order valence-electron chi connectivity index (χ1n) is 16.1. The Morgan fingerprint density at radius 2 is 1.62 bits per heavy atom. The van der Waals surface area contributed by atoms with Crippen LogP contribution in [0.25, 0.3) is 60.8 Å². The van der Waals surface area contributed by atoms with E-state index in [1.54, 1.807) is 0 Å². The van der Waals surface area contributed by atoms with Gasteiger partial charge in [-0.3, -0.25) is 0 Å². The molecule has 0 saturated carbocycles. The van der Waals surface area contributed by atoms with Gasteiger partial charge in [0.15, 0.2) is 0 Å². The topological polar surface area (TPSA) is 41.7 Å². The number of rotatable bonds is 3. The Balaban J connectivity index is 0.00000336. The summed E-state index contributed by atoms with van der Waals surface area (Å²) in [5, 5.41) is 4.17. The fourth-order valence-corrected chi connectivity index (χ4v) is 6.87. The van der Waals surface area contributed by atoms with Gasteiger partial charge in [0, 0.05) is 55.4 Å². The molecule has 0 spiro atoms. The van der Waals surface area contributed by atoms with Crippen molar-refractivity contribution in [3.05, 3.63) is 121 Å². The van der Waals surface area contributed by atoms with E-state index in [1.165, 1.54) is 16.7 Å². The number of anilines is 1. The average molecular weight is 808 g/mol. The summed E-state index contributed by atoms with van der Waals surface area (Å²) >= 11 is 0. The van der Waals surface area contributed by atoms with E-state index in [0.29, 0.717) is 11.5 Å². The van der Waals surface area contributed by atoms with Crippen molar-refractivity contribution >= 4 is 44.1 Å². The van der Waals surface area contributed by atoms with Crippen LogP contribution in [0.2, 0.25) is 0 Å². The van der Waals surface area contributed by atoms with Gasteiger partial charge in [0.05, 0.1) is 5.58 Å². The number of fused-ring (bicyclic) bond motifs is 6. The number of nitrogens with zero attached hydrogens (tertiary/aromatic N) is 3. The summed E-state index contributed by atoms with van der Waals surface area (Å²) in [6, 6.07) is 34.6. The molecule has 0 amide bonds. The van der Waals surface area contributed by atoms with Crippen molar-refractivity contribution in [3.8, 4) is 33.9 Å². The maximum Gasteiger partial charge on any atom is 0.121 e. The predicted molar refractivity (Wildman–Crippen MR) is 190 cm³/mol. The van der Waals surface area contributed by atoms with E-state index in [-0.39, 0.29) is 32.0 Å². The van der Waals surface area contributed by atoms with Crippen molar-refractivity contribution in [2.24, 2.45) is 0 Å². The number of ether oxygens (including phenoxy) is 1. The van der Waals surface area contributed by atoms with Gasteiger partial charge in [-0.1, -0.05) is 104 Å². The first-order valence-corrected chi connectivity index (χ1v) is 16.1. The molecule has 5 nitrogen and oxygen atoms in total. The number of hydrogen-bond donors (Lipinski definition) is 0. The normalized spacial score (nSPS) is 14.2. The minimum Gasteiger partial charge on any atom is -0.503 e. The van der Waals surface area contributed by atoms with Crippen LogP contribution in [0.5, 0.6) is 11.5 Å². The summed E-state index contributed by atoms with van der Waals surface area (Å²) in [4.78, 5) is 9.30.